The Kier molecular flexibility index (Phi) is 6.30. The highest BCUT2D eigenvalue weighted by Gasteiger charge is 2.46. The standard InChI is InChI=1S/C13H24O10/c1-4-7(15)9(17)6(22-12(4)20)3-21-13-11(19)10(18)8(16)5(2-14)23-13/h4-20H,2-3H2,1H3. The second-order valence-electron chi connectivity index (χ2n) is 5.94. The third-order valence-electron chi connectivity index (χ3n) is 4.31. The summed E-state index contributed by atoms with van der Waals surface area (Å²) in [6.07, 6.45) is -12.1. The SMILES string of the molecule is CC1C(O)OC(COC2OC(CO)C(O)C(O)C2O)C(O)C1O. The molecule has 23 heavy (non-hydrogen) atoms. The van der Waals surface area contributed by atoms with Crippen molar-refractivity contribution in [2.75, 3.05) is 13.2 Å². The Labute approximate surface area is 132 Å². The van der Waals surface area contributed by atoms with Gasteiger partial charge in [-0.1, -0.05) is 6.92 Å². The van der Waals surface area contributed by atoms with Crippen molar-refractivity contribution in [1.29, 1.82) is 0 Å². The lowest BCUT2D eigenvalue weighted by molar-refractivity contribution is -0.321. The van der Waals surface area contributed by atoms with Gasteiger partial charge in [0.15, 0.2) is 12.6 Å². The van der Waals surface area contributed by atoms with Crippen molar-refractivity contribution in [2.24, 2.45) is 5.92 Å². The lowest BCUT2D eigenvalue weighted by Gasteiger charge is -2.42. The molecule has 2 aliphatic heterocycles. The number of hydrogen-bond donors (Lipinski definition) is 7. The van der Waals surface area contributed by atoms with Crippen LogP contribution in [0, 0.1) is 5.92 Å². The van der Waals surface area contributed by atoms with Crippen LogP contribution in [0.3, 0.4) is 0 Å². The molecule has 2 aliphatic rings. The predicted molar refractivity (Wildman–Crippen MR) is 71.8 cm³/mol. The van der Waals surface area contributed by atoms with Crippen LogP contribution in [0.25, 0.3) is 0 Å². The van der Waals surface area contributed by atoms with Crippen LogP contribution in [0.15, 0.2) is 0 Å². The smallest absolute Gasteiger partial charge is 0.186 e. The first-order valence-electron chi connectivity index (χ1n) is 7.39. The molecular weight excluding hydrogens is 316 g/mol. The van der Waals surface area contributed by atoms with Crippen molar-refractivity contribution in [3.8, 4) is 0 Å². The Balaban J connectivity index is 1.94. The van der Waals surface area contributed by atoms with E-state index in [0.29, 0.717) is 0 Å². The van der Waals surface area contributed by atoms with E-state index in [1.54, 1.807) is 0 Å². The second kappa shape index (κ2) is 7.66. The molecule has 136 valence electrons. The Hall–Kier alpha value is -0.400. The van der Waals surface area contributed by atoms with Crippen LogP contribution in [0.2, 0.25) is 0 Å². The molecule has 0 aromatic rings. The number of aliphatic hydroxyl groups excluding tert-OH is 7. The van der Waals surface area contributed by atoms with Gasteiger partial charge in [-0.3, -0.25) is 0 Å². The van der Waals surface area contributed by atoms with Gasteiger partial charge in [0.25, 0.3) is 0 Å². The molecule has 0 aromatic heterocycles. The van der Waals surface area contributed by atoms with Crippen molar-refractivity contribution < 1.29 is 50.0 Å². The lowest BCUT2D eigenvalue weighted by Crippen LogP contribution is -2.60. The summed E-state index contributed by atoms with van der Waals surface area (Å²) in [5.74, 6) is -0.687. The fourth-order valence-electron chi connectivity index (χ4n) is 2.62. The third kappa shape index (κ3) is 3.82. The number of rotatable bonds is 4. The molecule has 7 N–H and O–H groups in total. The van der Waals surface area contributed by atoms with Crippen molar-refractivity contribution in [3.05, 3.63) is 0 Å². The van der Waals surface area contributed by atoms with Gasteiger partial charge < -0.3 is 50.0 Å². The van der Waals surface area contributed by atoms with Gasteiger partial charge in [0.2, 0.25) is 0 Å². The first-order chi connectivity index (χ1) is 10.8. The van der Waals surface area contributed by atoms with Crippen LogP contribution in [0.4, 0.5) is 0 Å². The van der Waals surface area contributed by atoms with Crippen LogP contribution in [0.1, 0.15) is 6.92 Å². The number of hydrogen-bond acceptors (Lipinski definition) is 10. The summed E-state index contributed by atoms with van der Waals surface area (Å²) in [7, 11) is 0. The summed E-state index contributed by atoms with van der Waals surface area (Å²) in [5.41, 5.74) is 0. The molecule has 0 bridgehead atoms. The van der Waals surface area contributed by atoms with Gasteiger partial charge in [-0.25, -0.2) is 0 Å². The highest BCUT2D eigenvalue weighted by atomic mass is 16.7. The van der Waals surface area contributed by atoms with E-state index < -0.39 is 67.8 Å². The average Bonchev–Trinajstić information content (AvgIpc) is 2.54. The van der Waals surface area contributed by atoms with Crippen molar-refractivity contribution in [2.45, 2.75) is 62.2 Å². The zero-order valence-electron chi connectivity index (χ0n) is 12.5. The van der Waals surface area contributed by atoms with E-state index in [1.165, 1.54) is 6.92 Å². The minimum atomic E-state index is -1.58. The van der Waals surface area contributed by atoms with E-state index in [-0.39, 0.29) is 6.61 Å². The number of aliphatic hydroxyl groups is 7. The Bertz CT molecular complexity index is 380. The molecule has 2 rings (SSSR count). The summed E-state index contributed by atoms with van der Waals surface area (Å²) in [6, 6.07) is 0. The van der Waals surface area contributed by atoms with E-state index in [1.807, 2.05) is 0 Å². The first-order valence-corrected chi connectivity index (χ1v) is 7.39. The molecule has 2 saturated heterocycles. The molecular formula is C13H24O10. The largest absolute Gasteiger partial charge is 0.394 e. The quantitative estimate of drug-likeness (QED) is 0.267. The van der Waals surface area contributed by atoms with Gasteiger partial charge in [0, 0.05) is 5.92 Å². The first kappa shape index (κ1) is 18.9. The van der Waals surface area contributed by atoms with Crippen molar-refractivity contribution >= 4 is 0 Å². The lowest BCUT2D eigenvalue weighted by atomic mass is 9.92. The zero-order chi connectivity index (χ0) is 17.3. The third-order valence-corrected chi connectivity index (χ3v) is 4.31. The summed E-state index contributed by atoms with van der Waals surface area (Å²) in [4.78, 5) is 0. The van der Waals surface area contributed by atoms with Gasteiger partial charge in [0.05, 0.1) is 19.3 Å². The van der Waals surface area contributed by atoms with Crippen LogP contribution in [-0.4, -0.2) is 104 Å². The van der Waals surface area contributed by atoms with Gasteiger partial charge in [-0.2, -0.15) is 0 Å². The molecule has 10 heteroatoms. The molecule has 0 radical (unpaired) electrons. The number of ether oxygens (including phenoxy) is 3. The zero-order valence-corrected chi connectivity index (χ0v) is 12.5. The summed E-state index contributed by atoms with van der Waals surface area (Å²) < 4.78 is 15.5. The van der Waals surface area contributed by atoms with Crippen molar-refractivity contribution in [3.63, 3.8) is 0 Å². The molecule has 10 nitrogen and oxygen atoms in total. The monoisotopic (exact) mass is 340 g/mol. The van der Waals surface area contributed by atoms with Crippen LogP contribution >= 0.6 is 0 Å². The molecule has 0 amide bonds. The topological polar surface area (TPSA) is 169 Å². The Morgan fingerprint density at radius 3 is 2.00 bits per heavy atom. The van der Waals surface area contributed by atoms with Crippen LogP contribution in [-0.2, 0) is 14.2 Å². The van der Waals surface area contributed by atoms with Crippen molar-refractivity contribution in [1.82, 2.24) is 0 Å². The molecule has 2 heterocycles. The molecule has 0 aromatic carbocycles. The maximum atomic E-state index is 9.91. The summed E-state index contributed by atoms with van der Waals surface area (Å²) in [6.45, 7) is 0.556. The van der Waals surface area contributed by atoms with Gasteiger partial charge >= 0.3 is 0 Å². The Morgan fingerprint density at radius 1 is 0.783 bits per heavy atom. The Morgan fingerprint density at radius 2 is 1.39 bits per heavy atom. The van der Waals surface area contributed by atoms with E-state index in [4.69, 9.17) is 19.3 Å². The second-order valence-corrected chi connectivity index (χ2v) is 5.94. The van der Waals surface area contributed by atoms with Gasteiger partial charge in [-0.15, -0.1) is 0 Å². The minimum absolute atomic E-state index is 0.356. The molecule has 0 aliphatic carbocycles. The fraction of sp³-hybridized carbons (Fsp3) is 1.00. The fourth-order valence-corrected chi connectivity index (χ4v) is 2.62. The molecule has 2 fully saturated rings. The molecule has 10 unspecified atom stereocenters. The summed E-state index contributed by atoms with van der Waals surface area (Å²) in [5, 5.41) is 67.6. The van der Waals surface area contributed by atoms with E-state index >= 15 is 0 Å². The minimum Gasteiger partial charge on any atom is -0.394 e. The van der Waals surface area contributed by atoms with Crippen LogP contribution in [0.5, 0.6) is 0 Å². The van der Waals surface area contributed by atoms with Gasteiger partial charge in [0.1, 0.15) is 36.6 Å². The van der Waals surface area contributed by atoms with Gasteiger partial charge in [-0.05, 0) is 0 Å². The molecule has 0 spiro atoms. The molecule has 10 atom stereocenters. The average molecular weight is 340 g/mol. The van der Waals surface area contributed by atoms with E-state index in [9.17, 15) is 30.6 Å². The molecule has 0 saturated carbocycles. The highest BCUT2D eigenvalue weighted by molar-refractivity contribution is 4.90. The summed E-state index contributed by atoms with van der Waals surface area (Å²) >= 11 is 0. The predicted octanol–water partition coefficient (Wildman–Crippen LogP) is -4.12. The van der Waals surface area contributed by atoms with Crippen LogP contribution < -0.4 is 0 Å². The maximum absolute atomic E-state index is 9.91. The highest BCUT2D eigenvalue weighted by Crippen LogP contribution is 2.26. The normalized spacial score (nSPS) is 51.7. The van der Waals surface area contributed by atoms with E-state index in [2.05, 4.69) is 0 Å². The maximum Gasteiger partial charge on any atom is 0.186 e. The van der Waals surface area contributed by atoms with E-state index in [0.717, 1.165) is 0 Å².